The Bertz CT molecular complexity index is 1180. The van der Waals surface area contributed by atoms with Gasteiger partial charge in [-0.05, 0) is 6.42 Å². The molecule has 2 aliphatic rings. The van der Waals surface area contributed by atoms with Crippen LogP contribution in [0.5, 0.6) is 0 Å². The van der Waals surface area contributed by atoms with Crippen LogP contribution in [-0.2, 0) is 24.4 Å². The van der Waals surface area contributed by atoms with Gasteiger partial charge >= 0.3 is 5.97 Å². The summed E-state index contributed by atoms with van der Waals surface area (Å²) in [4.78, 5) is 35.4. The molecule has 30 heavy (non-hydrogen) atoms. The summed E-state index contributed by atoms with van der Waals surface area (Å²) in [5, 5.41) is 18.8. The lowest BCUT2D eigenvalue weighted by atomic mass is 9.79. The molecule has 2 aromatic heterocycles. The van der Waals surface area contributed by atoms with Crippen LogP contribution in [0.4, 0.5) is 0 Å². The quantitative estimate of drug-likeness (QED) is 0.446. The Hall–Kier alpha value is -2.32. The van der Waals surface area contributed by atoms with Gasteiger partial charge in [-0.25, -0.2) is 18.2 Å². The fourth-order valence-electron chi connectivity index (χ4n) is 4.21. The lowest BCUT2D eigenvalue weighted by Crippen LogP contribution is -2.60. The van der Waals surface area contributed by atoms with E-state index >= 15 is 0 Å². The molecular weight excluding hydrogens is 436 g/mol. The number of hydroxylamine groups is 1. The molecule has 1 fully saturated rings. The van der Waals surface area contributed by atoms with E-state index in [-0.39, 0.29) is 41.6 Å². The Labute approximate surface area is 175 Å². The lowest BCUT2D eigenvalue weighted by Gasteiger charge is -2.45. The third kappa shape index (κ3) is 2.73. The van der Waals surface area contributed by atoms with E-state index in [1.165, 1.54) is 29.8 Å². The first-order chi connectivity index (χ1) is 14.1. The summed E-state index contributed by atoms with van der Waals surface area (Å²) < 4.78 is 27.5. The maximum atomic E-state index is 12.6. The highest BCUT2D eigenvalue weighted by Crippen LogP contribution is 2.51. The summed E-state index contributed by atoms with van der Waals surface area (Å²) in [6.07, 6.45) is 3.22. The molecule has 2 aliphatic heterocycles. The SMILES string of the molecule is CON(C)S(=O)(=O)c1ncn2cc(C3=C(C(=O)O)N4C(=O)[C@@H](CCO)[C@H]4[C@@H]3C)sc12. The number of sulfonamides is 1. The number of amides is 1. The summed E-state index contributed by atoms with van der Waals surface area (Å²) in [5.41, 5.74) is 0.376. The smallest absolute Gasteiger partial charge is 0.352 e. The van der Waals surface area contributed by atoms with E-state index in [1.54, 1.807) is 6.20 Å². The highest BCUT2D eigenvalue weighted by molar-refractivity contribution is 7.89. The molecule has 1 amide bonds. The topological polar surface area (TPSA) is 142 Å². The number of rotatable bonds is 7. The molecule has 4 heterocycles. The number of carboxylic acid groups (broad SMARTS) is 1. The first-order valence-corrected chi connectivity index (χ1v) is 11.3. The third-order valence-corrected chi connectivity index (χ3v) is 8.54. The van der Waals surface area contributed by atoms with E-state index in [2.05, 4.69) is 4.98 Å². The van der Waals surface area contributed by atoms with E-state index in [9.17, 15) is 28.2 Å². The van der Waals surface area contributed by atoms with Crippen molar-refractivity contribution in [1.82, 2.24) is 18.8 Å². The van der Waals surface area contributed by atoms with Crippen LogP contribution in [0.25, 0.3) is 10.4 Å². The zero-order valence-corrected chi connectivity index (χ0v) is 18.0. The van der Waals surface area contributed by atoms with Gasteiger partial charge in [0.15, 0.2) is 0 Å². The zero-order chi connectivity index (χ0) is 22.0. The van der Waals surface area contributed by atoms with Crippen molar-refractivity contribution in [2.45, 2.75) is 24.4 Å². The molecule has 0 aliphatic carbocycles. The third-order valence-electron chi connectivity index (χ3n) is 5.66. The normalized spacial score (nSPS) is 24.1. The van der Waals surface area contributed by atoms with Gasteiger partial charge in [0.2, 0.25) is 10.9 Å². The van der Waals surface area contributed by atoms with Crippen molar-refractivity contribution in [3.05, 3.63) is 23.1 Å². The molecule has 3 atom stereocenters. The average molecular weight is 457 g/mol. The van der Waals surface area contributed by atoms with Gasteiger partial charge < -0.3 is 15.1 Å². The molecule has 11 nitrogen and oxygen atoms in total. The molecule has 162 valence electrons. The second-order valence-corrected chi connectivity index (χ2v) is 10.0. The van der Waals surface area contributed by atoms with Gasteiger partial charge in [0.05, 0.1) is 23.9 Å². The monoisotopic (exact) mass is 456 g/mol. The maximum absolute atomic E-state index is 12.6. The number of hydrogen-bond acceptors (Lipinski definition) is 8. The molecule has 13 heteroatoms. The Morgan fingerprint density at radius 3 is 2.73 bits per heavy atom. The number of aliphatic hydroxyl groups excluding tert-OH is 1. The summed E-state index contributed by atoms with van der Waals surface area (Å²) in [6.45, 7) is 1.68. The van der Waals surface area contributed by atoms with Crippen LogP contribution >= 0.6 is 11.3 Å². The van der Waals surface area contributed by atoms with E-state index < -0.39 is 21.9 Å². The second-order valence-electron chi connectivity index (χ2n) is 7.13. The van der Waals surface area contributed by atoms with Crippen molar-refractivity contribution in [1.29, 1.82) is 0 Å². The van der Waals surface area contributed by atoms with Gasteiger partial charge in [-0.2, -0.15) is 0 Å². The first kappa shape index (κ1) is 20.9. The Balaban J connectivity index is 1.83. The highest BCUT2D eigenvalue weighted by atomic mass is 32.2. The predicted molar refractivity (Wildman–Crippen MR) is 105 cm³/mol. The first-order valence-electron chi connectivity index (χ1n) is 9.06. The predicted octanol–water partition coefficient (Wildman–Crippen LogP) is 0.233. The number of β-lactam (4-membered cyclic amide) rings is 1. The van der Waals surface area contributed by atoms with Crippen molar-refractivity contribution in [2.24, 2.45) is 11.8 Å². The molecule has 4 rings (SSSR count). The molecule has 0 aromatic carbocycles. The van der Waals surface area contributed by atoms with Crippen LogP contribution in [-0.4, -0.2) is 76.1 Å². The number of hydrogen-bond donors (Lipinski definition) is 2. The Kier molecular flexibility index (Phi) is 4.97. The minimum absolute atomic E-state index is 0.0948. The largest absolute Gasteiger partial charge is 0.477 e. The van der Waals surface area contributed by atoms with Gasteiger partial charge in [0.1, 0.15) is 16.9 Å². The molecular formula is C17H20N4O7S2. The van der Waals surface area contributed by atoms with Gasteiger partial charge in [0, 0.05) is 31.3 Å². The molecule has 0 bridgehead atoms. The van der Waals surface area contributed by atoms with Crippen molar-refractivity contribution in [3.8, 4) is 0 Å². The van der Waals surface area contributed by atoms with E-state index in [0.717, 1.165) is 11.3 Å². The van der Waals surface area contributed by atoms with E-state index in [0.29, 0.717) is 19.7 Å². The number of carbonyl (C=O) groups excluding carboxylic acids is 1. The lowest BCUT2D eigenvalue weighted by molar-refractivity contribution is -0.157. The fraction of sp³-hybridized carbons (Fsp3) is 0.471. The van der Waals surface area contributed by atoms with Crippen molar-refractivity contribution in [3.63, 3.8) is 0 Å². The number of aliphatic hydroxyl groups is 1. The number of carbonyl (C=O) groups is 2. The Morgan fingerprint density at radius 1 is 1.43 bits per heavy atom. The Morgan fingerprint density at radius 2 is 2.13 bits per heavy atom. The number of nitrogens with zero attached hydrogens (tertiary/aromatic N) is 4. The van der Waals surface area contributed by atoms with Gasteiger partial charge in [0.25, 0.3) is 10.0 Å². The molecule has 1 saturated heterocycles. The van der Waals surface area contributed by atoms with Crippen LogP contribution in [0.2, 0.25) is 0 Å². The number of imidazole rings is 1. The zero-order valence-electron chi connectivity index (χ0n) is 16.3. The van der Waals surface area contributed by atoms with E-state index in [1.807, 2.05) is 6.92 Å². The number of fused-ring (bicyclic) bond motifs is 2. The van der Waals surface area contributed by atoms with Crippen LogP contribution in [0.15, 0.2) is 23.2 Å². The molecule has 0 spiro atoms. The van der Waals surface area contributed by atoms with Crippen molar-refractivity contribution < 1.29 is 33.1 Å². The second kappa shape index (κ2) is 7.13. The van der Waals surface area contributed by atoms with Gasteiger partial charge in [-0.3, -0.25) is 14.0 Å². The molecule has 0 radical (unpaired) electrons. The summed E-state index contributed by atoms with van der Waals surface area (Å²) in [5.74, 6) is -2.26. The van der Waals surface area contributed by atoms with Crippen LogP contribution in [0.1, 0.15) is 18.2 Å². The minimum atomic E-state index is -4.00. The fourth-order valence-corrected chi connectivity index (χ4v) is 6.71. The molecule has 2 N–H and O–H groups in total. The number of aromatic nitrogens is 2. The standard InChI is InChI=1S/C17H20N4O7S2/c1-8-11(13(17(24)25)21-12(8)9(4-5-22)15(21)23)10-6-20-7-18-14(16(20)29-10)30(26,27)19(2)28-3/h6-9,12,22H,4-5H2,1-3H3,(H,24,25)/t8-,9+,12-/m1/s1. The molecule has 2 aromatic rings. The molecule has 0 saturated carbocycles. The highest BCUT2D eigenvalue weighted by Gasteiger charge is 2.58. The van der Waals surface area contributed by atoms with E-state index in [4.69, 9.17) is 4.84 Å². The van der Waals surface area contributed by atoms with Gasteiger partial charge in [-0.15, -0.1) is 11.3 Å². The summed E-state index contributed by atoms with van der Waals surface area (Å²) in [7, 11) is -1.53. The number of thiazole rings is 1. The number of carboxylic acids is 1. The van der Waals surface area contributed by atoms with Crippen LogP contribution < -0.4 is 0 Å². The summed E-state index contributed by atoms with van der Waals surface area (Å²) in [6, 6.07) is -0.340. The summed E-state index contributed by atoms with van der Waals surface area (Å²) >= 11 is 1.09. The number of aliphatic carboxylic acids is 1. The minimum Gasteiger partial charge on any atom is -0.477 e. The van der Waals surface area contributed by atoms with Crippen LogP contribution in [0.3, 0.4) is 0 Å². The van der Waals surface area contributed by atoms with Crippen molar-refractivity contribution >= 4 is 43.6 Å². The van der Waals surface area contributed by atoms with Crippen molar-refractivity contribution in [2.75, 3.05) is 20.8 Å². The average Bonchev–Trinajstić information content (AvgIpc) is 3.34. The van der Waals surface area contributed by atoms with Crippen LogP contribution in [0, 0.1) is 11.8 Å². The molecule has 0 unspecified atom stereocenters. The van der Waals surface area contributed by atoms with Gasteiger partial charge in [-0.1, -0.05) is 11.4 Å². The maximum Gasteiger partial charge on any atom is 0.352 e.